The van der Waals surface area contributed by atoms with Crippen molar-refractivity contribution in [2.24, 2.45) is 0 Å². The van der Waals surface area contributed by atoms with Gasteiger partial charge in [-0.2, -0.15) is 0 Å². The zero-order valence-electron chi connectivity index (χ0n) is 18.7. The molecule has 2 aromatic carbocycles. The fourth-order valence-electron chi connectivity index (χ4n) is 4.70. The predicted octanol–water partition coefficient (Wildman–Crippen LogP) is 6.34. The first-order valence-corrected chi connectivity index (χ1v) is 12.7. The maximum atomic E-state index is 14.1. The van der Waals surface area contributed by atoms with E-state index in [1.165, 1.54) is 59.5 Å². The van der Waals surface area contributed by atoms with Gasteiger partial charge in [0.05, 0.1) is 0 Å². The minimum atomic E-state index is -0.160. The SMILES string of the molecule is CSc1ccc(/C=C2/C(C)=C(CCNCCN3CCCCC3)c3cc(F)ccc32)cc1. The molecule has 2 aliphatic rings. The number of benzene rings is 2. The number of likely N-dealkylation sites (tertiary alicyclic amines) is 1. The first-order valence-electron chi connectivity index (χ1n) is 11.4. The molecule has 0 spiro atoms. The zero-order chi connectivity index (χ0) is 21.6. The number of rotatable bonds is 8. The van der Waals surface area contributed by atoms with Gasteiger partial charge in [-0.15, -0.1) is 11.8 Å². The lowest BCUT2D eigenvalue weighted by atomic mass is 10.0. The molecule has 0 bridgehead atoms. The number of allylic oxidation sites excluding steroid dienone is 2. The summed E-state index contributed by atoms with van der Waals surface area (Å²) in [6.07, 6.45) is 9.31. The maximum absolute atomic E-state index is 14.1. The van der Waals surface area contributed by atoms with Gasteiger partial charge in [0.25, 0.3) is 0 Å². The van der Waals surface area contributed by atoms with Gasteiger partial charge in [0.1, 0.15) is 5.82 Å². The van der Waals surface area contributed by atoms with Crippen molar-refractivity contribution >= 4 is 29.0 Å². The number of piperidine rings is 1. The molecule has 0 radical (unpaired) electrons. The van der Waals surface area contributed by atoms with Gasteiger partial charge in [-0.3, -0.25) is 0 Å². The van der Waals surface area contributed by atoms with Crippen LogP contribution in [0.5, 0.6) is 0 Å². The molecule has 1 aliphatic heterocycles. The van der Waals surface area contributed by atoms with E-state index >= 15 is 0 Å². The van der Waals surface area contributed by atoms with E-state index in [-0.39, 0.29) is 5.82 Å². The van der Waals surface area contributed by atoms with Gasteiger partial charge < -0.3 is 10.2 Å². The fourth-order valence-corrected chi connectivity index (χ4v) is 5.11. The Morgan fingerprint density at radius 3 is 2.52 bits per heavy atom. The second-order valence-corrected chi connectivity index (χ2v) is 9.41. The standard InChI is InChI=1S/C27H33FN2S/c1-20-24(12-13-29-14-17-30-15-4-3-5-16-30)27-19-22(28)8-11-25(27)26(20)18-21-6-9-23(31-2)10-7-21/h6-11,18-19,29H,3-5,12-17H2,1-2H3/b26-18-. The Kier molecular flexibility index (Phi) is 7.65. The summed E-state index contributed by atoms with van der Waals surface area (Å²) in [5.41, 5.74) is 7.15. The number of thioether (sulfide) groups is 1. The van der Waals surface area contributed by atoms with Gasteiger partial charge >= 0.3 is 0 Å². The van der Waals surface area contributed by atoms with Crippen molar-refractivity contribution in [3.05, 3.63) is 70.5 Å². The average molecular weight is 437 g/mol. The molecule has 1 aliphatic carbocycles. The molecule has 1 fully saturated rings. The lowest BCUT2D eigenvalue weighted by molar-refractivity contribution is 0.229. The molecule has 4 heteroatoms. The van der Waals surface area contributed by atoms with Gasteiger partial charge in [-0.1, -0.05) is 24.6 Å². The van der Waals surface area contributed by atoms with Crippen molar-refractivity contribution < 1.29 is 4.39 Å². The van der Waals surface area contributed by atoms with Gasteiger partial charge in [0.2, 0.25) is 0 Å². The fraction of sp³-hybridized carbons (Fsp3) is 0.407. The van der Waals surface area contributed by atoms with Crippen LogP contribution in [0.3, 0.4) is 0 Å². The average Bonchev–Trinajstić information content (AvgIpc) is 3.05. The number of hydrogen-bond acceptors (Lipinski definition) is 3. The van der Waals surface area contributed by atoms with Crippen LogP contribution in [0.4, 0.5) is 4.39 Å². The summed E-state index contributed by atoms with van der Waals surface area (Å²) < 4.78 is 14.1. The van der Waals surface area contributed by atoms with E-state index < -0.39 is 0 Å². The number of nitrogens with zero attached hydrogens (tertiary/aromatic N) is 1. The number of fused-ring (bicyclic) bond motifs is 1. The molecule has 0 amide bonds. The molecule has 31 heavy (non-hydrogen) atoms. The van der Waals surface area contributed by atoms with Crippen molar-refractivity contribution in [2.45, 2.75) is 37.5 Å². The van der Waals surface area contributed by atoms with Crippen LogP contribution < -0.4 is 5.32 Å². The Morgan fingerprint density at radius 2 is 1.77 bits per heavy atom. The third kappa shape index (κ3) is 5.49. The van der Waals surface area contributed by atoms with E-state index in [1.807, 2.05) is 6.07 Å². The second-order valence-electron chi connectivity index (χ2n) is 8.53. The molecule has 0 aromatic heterocycles. The van der Waals surface area contributed by atoms with Crippen LogP contribution in [-0.4, -0.2) is 43.9 Å². The van der Waals surface area contributed by atoms with Crippen LogP contribution in [0.1, 0.15) is 49.3 Å². The molecule has 2 nitrogen and oxygen atoms in total. The van der Waals surface area contributed by atoms with Gasteiger partial charge in [0.15, 0.2) is 0 Å². The lowest BCUT2D eigenvalue weighted by Gasteiger charge is -2.26. The smallest absolute Gasteiger partial charge is 0.123 e. The largest absolute Gasteiger partial charge is 0.315 e. The van der Waals surface area contributed by atoms with E-state index in [0.717, 1.165) is 37.2 Å². The number of nitrogens with one attached hydrogen (secondary N) is 1. The highest BCUT2D eigenvalue weighted by atomic mass is 32.2. The Bertz CT molecular complexity index is 956. The summed E-state index contributed by atoms with van der Waals surface area (Å²) >= 11 is 1.75. The van der Waals surface area contributed by atoms with E-state index in [9.17, 15) is 4.39 Å². The van der Waals surface area contributed by atoms with E-state index in [1.54, 1.807) is 23.9 Å². The van der Waals surface area contributed by atoms with Crippen molar-refractivity contribution in [1.82, 2.24) is 10.2 Å². The highest BCUT2D eigenvalue weighted by Crippen LogP contribution is 2.43. The molecule has 4 rings (SSSR count). The molecule has 2 aromatic rings. The summed E-state index contributed by atoms with van der Waals surface area (Å²) in [4.78, 5) is 3.82. The summed E-state index contributed by atoms with van der Waals surface area (Å²) in [6.45, 7) is 7.73. The predicted molar refractivity (Wildman–Crippen MR) is 133 cm³/mol. The Morgan fingerprint density at radius 1 is 1.00 bits per heavy atom. The van der Waals surface area contributed by atoms with Crippen LogP contribution in [-0.2, 0) is 0 Å². The minimum absolute atomic E-state index is 0.160. The zero-order valence-corrected chi connectivity index (χ0v) is 19.5. The minimum Gasteiger partial charge on any atom is -0.315 e. The number of hydrogen-bond donors (Lipinski definition) is 1. The molecule has 0 atom stereocenters. The Labute approximate surface area is 190 Å². The van der Waals surface area contributed by atoms with Crippen LogP contribution >= 0.6 is 11.8 Å². The number of halogens is 1. The first kappa shape index (κ1) is 22.3. The van der Waals surface area contributed by atoms with Crippen LogP contribution in [0, 0.1) is 5.82 Å². The second kappa shape index (κ2) is 10.6. The molecule has 0 saturated carbocycles. The molecule has 1 N–H and O–H groups in total. The molecule has 164 valence electrons. The van der Waals surface area contributed by atoms with Crippen molar-refractivity contribution in [3.8, 4) is 0 Å². The van der Waals surface area contributed by atoms with E-state index in [4.69, 9.17) is 0 Å². The van der Waals surface area contributed by atoms with Crippen molar-refractivity contribution in [2.75, 3.05) is 39.0 Å². The normalized spacial score (nSPS) is 18.1. The Hall–Kier alpha value is -1.88. The molecular formula is C27H33FN2S. The topological polar surface area (TPSA) is 15.3 Å². The van der Waals surface area contributed by atoms with E-state index in [0.29, 0.717) is 0 Å². The van der Waals surface area contributed by atoms with Gasteiger partial charge in [-0.05, 0) is 116 Å². The third-order valence-electron chi connectivity index (χ3n) is 6.49. The lowest BCUT2D eigenvalue weighted by Crippen LogP contribution is -2.36. The Balaban J connectivity index is 1.46. The summed E-state index contributed by atoms with van der Waals surface area (Å²) in [5.74, 6) is -0.160. The van der Waals surface area contributed by atoms with Crippen LogP contribution in [0.2, 0.25) is 0 Å². The highest BCUT2D eigenvalue weighted by Gasteiger charge is 2.23. The molecular weight excluding hydrogens is 403 g/mol. The summed E-state index contributed by atoms with van der Waals surface area (Å²) in [5, 5.41) is 3.61. The van der Waals surface area contributed by atoms with Gasteiger partial charge in [0, 0.05) is 18.0 Å². The quantitative estimate of drug-likeness (QED) is 0.384. The monoisotopic (exact) mass is 436 g/mol. The highest BCUT2D eigenvalue weighted by molar-refractivity contribution is 7.98. The summed E-state index contributed by atoms with van der Waals surface area (Å²) in [7, 11) is 0. The third-order valence-corrected chi connectivity index (χ3v) is 7.23. The molecule has 0 unspecified atom stereocenters. The van der Waals surface area contributed by atoms with Crippen LogP contribution in [0.25, 0.3) is 17.2 Å². The summed E-state index contributed by atoms with van der Waals surface area (Å²) in [6, 6.07) is 13.9. The first-order chi connectivity index (χ1) is 15.2. The molecule has 1 saturated heterocycles. The van der Waals surface area contributed by atoms with Gasteiger partial charge in [-0.25, -0.2) is 4.39 Å². The molecule has 1 heterocycles. The van der Waals surface area contributed by atoms with Crippen LogP contribution in [0.15, 0.2) is 52.9 Å². The van der Waals surface area contributed by atoms with Crippen molar-refractivity contribution in [3.63, 3.8) is 0 Å². The van der Waals surface area contributed by atoms with Crippen molar-refractivity contribution in [1.29, 1.82) is 0 Å². The van der Waals surface area contributed by atoms with E-state index in [2.05, 4.69) is 53.7 Å². The maximum Gasteiger partial charge on any atom is 0.123 e.